The van der Waals surface area contributed by atoms with Crippen LogP contribution in [-0.2, 0) is 16.8 Å². The smallest absolute Gasteiger partial charge is 0.281 e. The summed E-state index contributed by atoms with van der Waals surface area (Å²) in [4.78, 5) is 4.05. The van der Waals surface area contributed by atoms with Gasteiger partial charge < -0.3 is 5.11 Å². The highest BCUT2D eigenvalue weighted by atomic mass is 32.2. The molecule has 1 rings (SSSR count). The Morgan fingerprint density at radius 2 is 2.12 bits per heavy atom. The van der Waals surface area contributed by atoms with Crippen LogP contribution in [0.4, 0.5) is 0 Å². The van der Waals surface area contributed by atoms with Crippen molar-refractivity contribution >= 4 is 21.5 Å². The van der Waals surface area contributed by atoms with Crippen LogP contribution in [0.1, 0.15) is 12.1 Å². The van der Waals surface area contributed by atoms with E-state index in [4.69, 9.17) is 5.11 Å². The topological polar surface area (TPSA) is 73.7 Å². The van der Waals surface area contributed by atoms with Crippen LogP contribution in [0.15, 0.2) is 10.9 Å². The standard InChI is InChI=1S/C9H17N3O3S2/c1-11(4-3-5-13)17(14,15)12(2)6-9-7-16-8-10-9/h7-8,13H,3-6H2,1-2H3. The molecule has 1 aromatic heterocycles. The van der Waals surface area contributed by atoms with Gasteiger partial charge in [0, 0.05) is 32.6 Å². The predicted molar refractivity (Wildman–Crippen MR) is 66.8 cm³/mol. The Hall–Kier alpha value is -0.540. The minimum absolute atomic E-state index is 0.0182. The zero-order valence-corrected chi connectivity index (χ0v) is 11.5. The first kappa shape index (κ1) is 14.5. The van der Waals surface area contributed by atoms with Crippen molar-refractivity contribution in [1.29, 1.82) is 0 Å². The minimum Gasteiger partial charge on any atom is -0.396 e. The molecule has 6 nitrogen and oxygen atoms in total. The molecule has 1 N–H and O–H groups in total. The fourth-order valence-corrected chi connectivity index (χ4v) is 2.95. The van der Waals surface area contributed by atoms with E-state index in [1.54, 1.807) is 5.51 Å². The van der Waals surface area contributed by atoms with Gasteiger partial charge >= 0.3 is 0 Å². The summed E-state index contributed by atoms with van der Waals surface area (Å²) >= 11 is 1.44. The summed E-state index contributed by atoms with van der Waals surface area (Å²) in [5, 5.41) is 10.5. The molecule has 0 aromatic carbocycles. The molecule has 0 aliphatic carbocycles. The van der Waals surface area contributed by atoms with E-state index < -0.39 is 10.2 Å². The van der Waals surface area contributed by atoms with Gasteiger partial charge in [0.25, 0.3) is 10.2 Å². The molecule has 0 radical (unpaired) electrons. The molecular formula is C9H17N3O3S2. The Labute approximate surface area is 106 Å². The molecule has 0 amide bonds. The van der Waals surface area contributed by atoms with E-state index in [9.17, 15) is 8.42 Å². The Morgan fingerprint density at radius 1 is 1.41 bits per heavy atom. The van der Waals surface area contributed by atoms with Gasteiger partial charge in [0.15, 0.2) is 0 Å². The number of aliphatic hydroxyl groups is 1. The van der Waals surface area contributed by atoms with E-state index in [-0.39, 0.29) is 13.2 Å². The molecular weight excluding hydrogens is 262 g/mol. The summed E-state index contributed by atoms with van der Waals surface area (Å²) in [6.07, 6.45) is 0.431. The van der Waals surface area contributed by atoms with Crippen molar-refractivity contribution in [1.82, 2.24) is 13.6 Å². The lowest BCUT2D eigenvalue weighted by Gasteiger charge is -2.23. The quantitative estimate of drug-likeness (QED) is 0.770. The van der Waals surface area contributed by atoms with Crippen molar-refractivity contribution in [2.45, 2.75) is 13.0 Å². The second-order valence-electron chi connectivity index (χ2n) is 3.64. The molecule has 17 heavy (non-hydrogen) atoms. The van der Waals surface area contributed by atoms with E-state index in [0.717, 1.165) is 5.69 Å². The third-order valence-corrected chi connectivity index (χ3v) is 4.81. The molecule has 8 heteroatoms. The van der Waals surface area contributed by atoms with Crippen LogP contribution in [0.25, 0.3) is 0 Å². The average Bonchev–Trinajstić information content (AvgIpc) is 2.78. The van der Waals surface area contributed by atoms with Crippen LogP contribution in [0.5, 0.6) is 0 Å². The van der Waals surface area contributed by atoms with Gasteiger partial charge in [-0.2, -0.15) is 17.0 Å². The van der Waals surface area contributed by atoms with Crippen molar-refractivity contribution in [2.75, 3.05) is 27.2 Å². The minimum atomic E-state index is -3.47. The summed E-state index contributed by atoms with van der Waals surface area (Å²) in [5.41, 5.74) is 2.40. The fourth-order valence-electron chi connectivity index (χ4n) is 1.27. The summed E-state index contributed by atoms with van der Waals surface area (Å²) in [7, 11) is -0.447. The first-order chi connectivity index (χ1) is 7.98. The number of aromatic nitrogens is 1. The zero-order valence-electron chi connectivity index (χ0n) is 9.90. The predicted octanol–water partition coefficient (Wildman–Crippen LogP) is 0.134. The summed E-state index contributed by atoms with van der Waals surface area (Å²) in [6, 6.07) is 0. The number of hydrogen-bond donors (Lipinski definition) is 1. The molecule has 0 aliphatic heterocycles. The molecule has 0 fully saturated rings. The van der Waals surface area contributed by atoms with E-state index in [1.807, 2.05) is 5.38 Å². The van der Waals surface area contributed by atoms with Crippen molar-refractivity contribution in [3.63, 3.8) is 0 Å². The van der Waals surface area contributed by atoms with Gasteiger partial charge in [-0.15, -0.1) is 11.3 Å². The second kappa shape index (κ2) is 6.41. The van der Waals surface area contributed by atoms with Crippen LogP contribution in [0.2, 0.25) is 0 Å². The normalized spacial score (nSPS) is 12.5. The van der Waals surface area contributed by atoms with Crippen LogP contribution in [-0.4, -0.2) is 54.4 Å². The largest absolute Gasteiger partial charge is 0.396 e. The maximum atomic E-state index is 12.0. The highest BCUT2D eigenvalue weighted by Crippen LogP contribution is 2.10. The Morgan fingerprint density at radius 3 is 2.65 bits per heavy atom. The molecule has 0 atom stereocenters. The Kier molecular flexibility index (Phi) is 5.47. The molecule has 0 saturated carbocycles. The van der Waals surface area contributed by atoms with E-state index in [2.05, 4.69) is 4.98 Å². The molecule has 0 unspecified atom stereocenters. The van der Waals surface area contributed by atoms with Gasteiger partial charge in [0.1, 0.15) is 0 Å². The average molecular weight is 279 g/mol. The van der Waals surface area contributed by atoms with Gasteiger partial charge in [-0.3, -0.25) is 0 Å². The maximum absolute atomic E-state index is 12.0. The Balaban J connectivity index is 2.63. The number of hydrogen-bond acceptors (Lipinski definition) is 5. The lowest BCUT2D eigenvalue weighted by atomic mass is 10.5. The molecule has 0 spiro atoms. The lowest BCUT2D eigenvalue weighted by Crippen LogP contribution is -2.39. The van der Waals surface area contributed by atoms with Crippen molar-refractivity contribution in [3.05, 3.63) is 16.6 Å². The van der Waals surface area contributed by atoms with E-state index in [0.29, 0.717) is 13.0 Å². The number of rotatable bonds is 7. The molecule has 0 aliphatic rings. The molecule has 0 bridgehead atoms. The van der Waals surface area contributed by atoms with Crippen LogP contribution >= 0.6 is 11.3 Å². The highest BCUT2D eigenvalue weighted by Gasteiger charge is 2.23. The van der Waals surface area contributed by atoms with Crippen molar-refractivity contribution < 1.29 is 13.5 Å². The molecule has 1 heterocycles. The van der Waals surface area contributed by atoms with Crippen molar-refractivity contribution in [2.24, 2.45) is 0 Å². The van der Waals surface area contributed by atoms with Gasteiger partial charge in [0.2, 0.25) is 0 Å². The number of thiazole rings is 1. The van der Waals surface area contributed by atoms with Crippen LogP contribution in [0, 0.1) is 0 Å². The van der Waals surface area contributed by atoms with E-state index in [1.165, 1.54) is 34.0 Å². The summed E-state index contributed by atoms with van der Waals surface area (Å²) < 4.78 is 26.5. The van der Waals surface area contributed by atoms with Gasteiger partial charge in [-0.05, 0) is 6.42 Å². The maximum Gasteiger partial charge on any atom is 0.281 e. The Bertz CT molecular complexity index is 419. The molecule has 0 saturated heterocycles. The van der Waals surface area contributed by atoms with Gasteiger partial charge in [-0.25, -0.2) is 4.98 Å². The van der Waals surface area contributed by atoms with E-state index >= 15 is 0 Å². The number of nitrogens with zero attached hydrogens (tertiary/aromatic N) is 3. The van der Waals surface area contributed by atoms with Gasteiger partial charge in [0.05, 0.1) is 17.7 Å². The SMILES string of the molecule is CN(CCCO)S(=O)(=O)N(C)Cc1cscn1. The highest BCUT2D eigenvalue weighted by molar-refractivity contribution is 7.86. The first-order valence-corrected chi connectivity index (χ1v) is 7.48. The summed E-state index contributed by atoms with van der Waals surface area (Å²) in [6.45, 7) is 0.547. The third-order valence-electron chi connectivity index (χ3n) is 2.29. The van der Waals surface area contributed by atoms with Gasteiger partial charge in [-0.1, -0.05) is 0 Å². The first-order valence-electron chi connectivity index (χ1n) is 5.14. The zero-order chi connectivity index (χ0) is 12.9. The third kappa shape index (κ3) is 4.00. The second-order valence-corrected chi connectivity index (χ2v) is 6.50. The van der Waals surface area contributed by atoms with Crippen LogP contribution in [0.3, 0.4) is 0 Å². The van der Waals surface area contributed by atoms with Crippen molar-refractivity contribution in [3.8, 4) is 0 Å². The lowest BCUT2D eigenvalue weighted by molar-refractivity contribution is 0.272. The fraction of sp³-hybridized carbons (Fsp3) is 0.667. The molecule has 1 aromatic rings. The number of aliphatic hydroxyl groups excluding tert-OH is 1. The summed E-state index contributed by atoms with van der Waals surface area (Å²) in [5.74, 6) is 0. The molecule has 98 valence electrons. The monoisotopic (exact) mass is 279 g/mol. The van der Waals surface area contributed by atoms with Crippen LogP contribution < -0.4 is 0 Å².